The van der Waals surface area contributed by atoms with Crippen molar-refractivity contribution in [3.63, 3.8) is 0 Å². The van der Waals surface area contributed by atoms with Crippen LogP contribution in [0.15, 0.2) is 36.4 Å². The molecule has 0 aliphatic rings. The Kier molecular flexibility index (Phi) is 7.53. The average Bonchev–Trinajstić information content (AvgIpc) is 2.68. The van der Waals surface area contributed by atoms with Crippen molar-refractivity contribution in [1.29, 1.82) is 0 Å². The summed E-state index contributed by atoms with van der Waals surface area (Å²) in [5, 5.41) is 5.30. The molecule has 2 rings (SSSR count). The van der Waals surface area contributed by atoms with Crippen LogP contribution in [-0.2, 0) is 14.3 Å². The maximum atomic E-state index is 12.1. The molecular weight excluding hydrogens is 368 g/mol. The van der Waals surface area contributed by atoms with E-state index in [1.54, 1.807) is 12.1 Å². The number of amides is 2. The van der Waals surface area contributed by atoms with E-state index in [9.17, 15) is 14.4 Å². The van der Waals surface area contributed by atoms with Crippen LogP contribution in [0.25, 0.3) is 0 Å². The van der Waals surface area contributed by atoms with Gasteiger partial charge in [-0.05, 0) is 74.6 Å². The summed E-state index contributed by atoms with van der Waals surface area (Å²) in [5.74, 6) is -1.43. The van der Waals surface area contributed by atoms with Crippen LogP contribution in [-0.4, -0.2) is 30.9 Å². The third-order valence-corrected chi connectivity index (χ3v) is 4.94. The summed E-state index contributed by atoms with van der Waals surface area (Å²) >= 11 is 0. The molecule has 0 fully saturated rings. The molecule has 0 heterocycles. The predicted octanol–water partition coefficient (Wildman–Crippen LogP) is 3.07. The summed E-state index contributed by atoms with van der Waals surface area (Å²) in [5.41, 5.74) is 5.87. The van der Waals surface area contributed by atoms with Gasteiger partial charge in [-0.1, -0.05) is 24.3 Å². The second kappa shape index (κ2) is 9.87. The summed E-state index contributed by atoms with van der Waals surface area (Å²) < 4.78 is 4.95. The normalized spacial score (nSPS) is 11.5. The first-order chi connectivity index (χ1) is 13.7. The van der Waals surface area contributed by atoms with E-state index in [4.69, 9.17) is 4.74 Å². The average molecular weight is 396 g/mol. The van der Waals surface area contributed by atoms with Gasteiger partial charge in [0.1, 0.15) is 6.54 Å². The van der Waals surface area contributed by atoms with Crippen molar-refractivity contribution >= 4 is 17.8 Å². The fourth-order valence-electron chi connectivity index (χ4n) is 2.73. The Morgan fingerprint density at radius 1 is 0.897 bits per heavy atom. The maximum Gasteiger partial charge on any atom is 0.325 e. The zero-order valence-corrected chi connectivity index (χ0v) is 17.6. The predicted molar refractivity (Wildman–Crippen MR) is 112 cm³/mol. The Balaban J connectivity index is 1.76. The van der Waals surface area contributed by atoms with E-state index < -0.39 is 18.5 Å². The standard InChI is InChI=1S/C23H28N2O4/c1-14-6-8-19(10-16(14)3)18(5)25-21(26)13-29-22(27)12-24-23(28)20-9-7-15(2)17(4)11-20/h6-11,18H,12-13H2,1-5H3,(H,24,28)(H,25,26). The lowest BCUT2D eigenvalue weighted by Gasteiger charge is -2.16. The second-order valence-corrected chi connectivity index (χ2v) is 7.28. The Hall–Kier alpha value is -3.15. The minimum absolute atomic E-state index is 0.204. The van der Waals surface area contributed by atoms with E-state index in [2.05, 4.69) is 10.6 Å². The maximum absolute atomic E-state index is 12.1. The Labute approximate surface area is 171 Å². The van der Waals surface area contributed by atoms with Crippen LogP contribution in [0.4, 0.5) is 0 Å². The summed E-state index contributed by atoms with van der Waals surface area (Å²) in [4.78, 5) is 36.0. The van der Waals surface area contributed by atoms with Crippen molar-refractivity contribution < 1.29 is 19.1 Å². The summed E-state index contributed by atoms with van der Waals surface area (Å²) in [6.07, 6.45) is 0. The first-order valence-electron chi connectivity index (χ1n) is 9.55. The summed E-state index contributed by atoms with van der Waals surface area (Å²) in [7, 11) is 0. The molecule has 6 heteroatoms. The Morgan fingerprint density at radius 3 is 2.14 bits per heavy atom. The van der Waals surface area contributed by atoms with Crippen LogP contribution in [0.1, 0.15) is 51.1 Å². The van der Waals surface area contributed by atoms with Gasteiger partial charge in [0.05, 0.1) is 6.04 Å². The first kappa shape index (κ1) is 22.1. The van der Waals surface area contributed by atoms with E-state index >= 15 is 0 Å². The number of ether oxygens (including phenoxy) is 1. The minimum atomic E-state index is -0.670. The Morgan fingerprint density at radius 2 is 1.52 bits per heavy atom. The van der Waals surface area contributed by atoms with Crippen molar-refractivity contribution in [2.45, 2.75) is 40.7 Å². The van der Waals surface area contributed by atoms with Crippen LogP contribution >= 0.6 is 0 Å². The van der Waals surface area contributed by atoms with Crippen molar-refractivity contribution in [3.8, 4) is 0 Å². The lowest BCUT2D eigenvalue weighted by atomic mass is 10.0. The van der Waals surface area contributed by atoms with Crippen molar-refractivity contribution in [2.24, 2.45) is 0 Å². The molecule has 0 spiro atoms. The summed E-state index contributed by atoms with van der Waals surface area (Å²) in [6, 6.07) is 11.1. The van der Waals surface area contributed by atoms with Crippen LogP contribution < -0.4 is 10.6 Å². The number of hydrogen-bond acceptors (Lipinski definition) is 4. The van der Waals surface area contributed by atoms with E-state index in [0.717, 1.165) is 22.3 Å². The van der Waals surface area contributed by atoms with Crippen LogP contribution in [0, 0.1) is 27.7 Å². The van der Waals surface area contributed by atoms with E-state index in [0.29, 0.717) is 5.56 Å². The molecule has 0 saturated heterocycles. The monoisotopic (exact) mass is 396 g/mol. The fraction of sp³-hybridized carbons (Fsp3) is 0.348. The van der Waals surface area contributed by atoms with Gasteiger partial charge in [0.25, 0.3) is 11.8 Å². The fourth-order valence-corrected chi connectivity index (χ4v) is 2.73. The highest BCUT2D eigenvalue weighted by Crippen LogP contribution is 2.16. The molecule has 2 aromatic carbocycles. The van der Waals surface area contributed by atoms with Crippen molar-refractivity contribution in [1.82, 2.24) is 10.6 Å². The van der Waals surface area contributed by atoms with E-state index in [1.807, 2.05) is 58.9 Å². The lowest BCUT2D eigenvalue weighted by molar-refractivity contribution is -0.147. The zero-order chi connectivity index (χ0) is 21.6. The third-order valence-electron chi connectivity index (χ3n) is 4.94. The molecule has 0 aliphatic heterocycles. The number of carbonyl (C=O) groups is 3. The molecule has 2 N–H and O–H groups in total. The Bertz CT molecular complexity index is 921. The molecule has 0 aromatic heterocycles. The largest absolute Gasteiger partial charge is 0.454 e. The smallest absolute Gasteiger partial charge is 0.325 e. The first-order valence-corrected chi connectivity index (χ1v) is 9.55. The molecule has 1 atom stereocenters. The van der Waals surface area contributed by atoms with Gasteiger partial charge in [-0.2, -0.15) is 0 Å². The van der Waals surface area contributed by atoms with Crippen molar-refractivity contribution in [3.05, 3.63) is 69.8 Å². The topological polar surface area (TPSA) is 84.5 Å². The van der Waals surface area contributed by atoms with Crippen LogP contribution in [0.2, 0.25) is 0 Å². The van der Waals surface area contributed by atoms with Gasteiger partial charge >= 0.3 is 5.97 Å². The minimum Gasteiger partial charge on any atom is -0.454 e. The molecule has 2 aromatic rings. The van der Waals surface area contributed by atoms with Crippen LogP contribution in [0.5, 0.6) is 0 Å². The molecule has 6 nitrogen and oxygen atoms in total. The highest BCUT2D eigenvalue weighted by atomic mass is 16.5. The van der Waals surface area contributed by atoms with Crippen LogP contribution in [0.3, 0.4) is 0 Å². The number of hydrogen-bond donors (Lipinski definition) is 2. The quantitative estimate of drug-likeness (QED) is 0.705. The lowest BCUT2D eigenvalue weighted by Crippen LogP contribution is -2.34. The van der Waals surface area contributed by atoms with E-state index in [-0.39, 0.29) is 18.5 Å². The molecule has 0 radical (unpaired) electrons. The highest BCUT2D eigenvalue weighted by molar-refractivity contribution is 5.96. The molecule has 29 heavy (non-hydrogen) atoms. The molecule has 1 unspecified atom stereocenters. The van der Waals surface area contributed by atoms with Gasteiger partial charge in [0.2, 0.25) is 0 Å². The number of aryl methyl sites for hydroxylation is 4. The molecule has 154 valence electrons. The number of benzene rings is 2. The zero-order valence-electron chi connectivity index (χ0n) is 17.6. The molecule has 0 saturated carbocycles. The van der Waals surface area contributed by atoms with Gasteiger partial charge in [-0.15, -0.1) is 0 Å². The number of nitrogens with one attached hydrogen (secondary N) is 2. The number of carbonyl (C=O) groups excluding carboxylic acids is 3. The third kappa shape index (κ3) is 6.45. The molecule has 2 amide bonds. The van der Waals surface area contributed by atoms with Gasteiger partial charge in [0.15, 0.2) is 6.61 Å². The molecule has 0 bridgehead atoms. The SMILES string of the molecule is Cc1ccc(C(=O)NCC(=O)OCC(=O)NC(C)c2ccc(C)c(C)c2)cc1C. The van der Waals surface area contributed by atoms with Gasteiger partial charge in [0, 0.05) is 5.56 Å². The number of rotatable bonds is 7. The van der Waals surface area contributed by atoms with Gasteiger partial charge in [-0.3, -0.25) is 14.4 Å². The highest BCUT2D eigenvalue weighted by Gasteiger charge is 2.14. The van der Waals surface area contributed by atoms with Crippen molar-refractivity contribution in [2.75, 3.05) is 13.2 Å². The van der Waals surface area contributed by atoms with E-state index in [1.165, 1.54) is 5.56 Å². The van der Waals surface area contributed by atoms with Gasteiger partial charge < -0.3 is 15.4 Å². The molecular formula is C23H28N2O4. The summed E-state index contributed by atoms with van der Waals surface area (Å²) in [6.45, 7) is 9.09. The number of esters is 1. The van der Waals surface area contributed by atoms with Gasteiger partial charge in [-0.25, -0.2) is 0 Å². The molecule has 0 aliphatic carbocycles. The second-order valence-electron chi connectivity index (χ2n) is 7.28.